The minimum absolute atomic E-state index is 1.03. The van der Waals surface area contributed by atoms with E-state index in [1.807, 2.05) is 0 Å². The molecule has 0 saturated carbocycles. The van der Waals surface area contributed by atoms with Crippen LogP contribution in [0.5, 0.6) is 0 Å². The van der Waals surface area contributed by atoms with Gasteiger partial charge >= 0.3 is 0 Å². The monoisotopic (exact) mass is 207 g/mol. The third-order valence-electron chi connectivity index (χ3n) is 2.58. The third-order valence-corrected chi connectivity index (χ3v) is 2.58. The maximum Gasteiger partial charge on any atom is -0.0302 e. The van der Waals surface area contributed by atoms with E-state index >= 15 is 0 Å². The van der Waals surface area contributed by atoms with Crippen molar-refractivity contribution in [2.75, 3.05) is 0 Å². The van der Waals surface area contributed by atoms with Crippen LogP contribution >= 0.6 is 0 Å². The summed E-state index contributed by atoms with van der Waals surface area (Å²) in [6.45, 7) is 6.61. The molecule has 87 valence electrons. The fourth-order valence-corrected chi connectivity index (χ4v) is 1.62. The number of allylic oxidation sites excluding steroid dienone is 4. The summed E-state index contributed by atoms with van der Waals surface area (Å²) < 4.78 is 0. The van der Waals surface area contributed by atoms with Gasteiger partial charge < -0.3 is 0 Å². The van der Waals surface area contributed by atoms with Crippen molar-refractivity contribution in [2.45, 2.75) is 72.1 Å². The molecule has 0 nitrogen and oxygen atoms in total. The lowest BCUT2D eigenvalue weighted by Gasteiger charge is -1.97. The van der Waals surface area contributed by atoms with Crippen molar-refractivity contribution in [1.29, 1.82) is 0 Å². The zero-order valence-corrected chi connectivity index (χ0v) is 10.8. The lowest BCUT2D eigenvalue weighted by molar-refractivity contribution is 0.637. The second-order valence-electron chi connectivity index (χ2n) is 4.01. The second kappa shape index (κ2) is 11.6. The topological polar surface area (TPSA) is 0 Å². The van der Waals surface area contributed by atoms with E-state index < -0.39 is 0 Å². The van der Waals surface area contributed by atoms with Crippen LogP contribution in [0.25, 0.3) is 0 Å². The molecule has 0 bridgehead atoms. The fourth-order valence-electron chi connectivity index (χ4n) is 1.62. The zero-order valence-electron chi connectivity index (χ0n) is 10.8. The lowest BCUT2D eigenvalue weighted by atomic mass is 10.1. The maximum atomic E-state index is 3.37. The van der Waals surface area contributed by atoms with Crippen LogP contribution in [0.1, 0.15) is 72.1 Å². The van der Waals surface area contributed by atoms with Crippen LogP contribution in [0.3, 0.4) is 0 Å². The van der Waals surface area contributed by atoms with Crippen molar-refractivity contribution in [3.8, 4) is 0 Å². The van der Waals surface area contributed by atoms with E-state index in [0.29, 0.717) is 0 Å². The van der Waals surface area contributed by atoms with Gasteiger partial charge in [-0.15, -0.1) is 0 Å². The predicted octanol–water partition coefficient (Wildman–Crippen LogP) is 5.45. The van der Waals surface area contributed by atoms with Crippen LogP contribution in [0, 0.1) is 6.08 Å². The van der Waals surface area contributed by atoms with Crippen molar-refractivity contribution >= 4 is 0 Å². The molecule has 0 atom stereocenters. The molecule has 1 radical (unpaired) electrons. The van der Waals surface area contributed by atoms with Crippen LogP contribution in [0.4, 0.5) is 0 Å². The SMILES string of the molecule is CC/[C]=C(\C=C\CCCCCCC)CC. The molecule has 0 saturated heterocycles. The first kappa shape index (κ1) is 14.5. The molecular weight excluding hydrogens is 180 g/mol. The summed E-state index contributed by atoms with van der Waals surface area (Å²) in [6, 6.07) is 0. The van der Waals surface area contributed by atoms with Crippen LogP contribution in [-0.4, -0.2) is 0 Å². The number of unbranched alkanes of at least 4 members (excludes halogenated alkanes) is 5. The Labute approximate surface area is 96.5 Å². The summed E-state index contributed by atoms with van der Waals surface area (Å²) in [6.07, 6.45) is 18.2. The highest BCUT2D eigenvalue weighted by molar-refractivity contribution is 5.14. The molecular formula is C15H27. The molecule has 0 aliphatic rings. The number of hydrogen-bond donors (Lipinski definition) is 0. The highest BCUT2D eigenvalue weighted by Gasteiger charge is 1.88. The summed E-state index contributed by atoms with van der Waals surface area (Å²) in [4.78, 5) is 0. The van der Waals surface area contributed by atoms with Gasteiger partial charge in [-0.25, -0.2) is 0 Å². The van der Waals surface area contributed by atoms with Crippen molar-refractivity contribution in [3.05, 3.63) is 23.8 Å². The minimum atomic E-state index is 1.03. The molecule has 0 unspecified atom stereocenters. The summed E-state index contributed by atoms with van der Waals surface area (Å²) in [5.41, 5.74) is 1.37. The van der Waals surface area contributed by atoms with E-state index in [-0.39, 0.29) is 0 Å². The van der Waals surface area contributed by atoms with Crippen LogP contribution in [0.15, 0.2) is 17.7 Å². The van der Waals surface area contributed by atoms with Gasteiger partial charge in [-0.3, -0.25) is 0 Å². The fraction of sp³-hybridized carbons (Fsp3) is 0.733. The van der Waals surface area contributed by atoms with Gasteiger partial charge in [0.15, 0.2) is 0 Å². The van der Waals surface area contributed by atoms with Gasteiger partial charge in [-0.1, -0.05) is 58.6 Å². The molecule has 0 aliphatic heterocycles. The molecule has 0 amide bonds. The van der Waals surface area contributed by atoms with E-state index in [2.05, 4.69) is 39.0 Å². The van der Waals surface area contributed by atoms with Crippen molar-refractivity contribution < 1.29 is 0 Å². The number of rotatable bonds is 9. The normalized spacial score (nSPS) is 12.6. The van der Waals surface area contributed by atoms with Crippen LogP contribution < -0.4 is 0 Å². The molecule has 0 N–H and O–H groups in total. The summed E-state index contributed by atoms with van der Waals surface area (Å²) >= 11 is 0. The Morgan fingerprint density at radius 2 is 1.73 bits per heavy atom. The third kappa shape index (κ3) is 9.78. The minimum Gasteiger partial charge on any atom is -0.0843 e. The van der Waals surface area contributed by atoms with E-state index in [1.165, 1.54) is 44.1 Å². The van der Waals surface area contributed by atoms with Crippen LogP contribution in [-0.2, 0) is 0 Å². The van der Waals surface area contributed by atoms with Crippen molar-refractivity contribution in [2.24, 2.45) is 0 Å². The molecule has 0 rings (SSSR count). The molecule has 0 fully saturated rings. The molecule has 0 spiro atoms. The van der Waals surface area contributed by atoms with Crippen molar-refractivity contribution in [3.63, 3.8) is 0 Å². The van der Waals surface area contributed by atoms with E-state index in [1.54, 1.807) is 0 Å². The van der Waals surface area contributed by atoms with E-state index in [9.17, 15) is 0 Å². The molecule has 15 heavy (non-hydrogen) atoms. The smallest absolute Gasteiger partial charge is 0.0302 e. The lowest BCUT2D eigenvalue weighted by Crippen LogP contribution is -1.78. The van der Waals surface area contributed by atoms with Gasteiger partial charge in [0.25, 0.3) is 0 Å². The molecule has 0 aromatic heterocycles. The van der Waals surface area contributed by atoms with Gasteiger partial charge in [-0.2, -0.15) is 0 Å². The predicted molar refractivity (Wildman–Crippen MR) is 69.9 cm³/mol. The van der Waals surface area contributed by atoms with Gasteiger partial charge in [0.05, 0.1) is 0 Å². The Morgan fingerprint density at radius 3 is 2.33 bits per heavy atom. The summed E-state index contributed by atoms with van der Waals surface area (Å²) in [7, 11) is 0. The Kier molecular flexibility index (Phi) is 11.2. The average molecular weight is 207 g/mol. The van der Waals surface area contributed by atoms with Gasteiger partial charge in [0.2, 0.25) is 0 Å². The highest BCUT2D eigenvalue weighted by atomic mass is 13.9. The first-order valence-electron chi connectivity index (χ1n) is 6.61. The van der Waals surface area contributed by atoms with Crippen LogP contribution in [0.2, 0.25) is 0 Å². The van der Waals surface area contributed by atoms with Gasteiger partial charge in [0.1, 0.15) is 0 Å². The maximum absolute atomic E-state index is 3.37. The van der Waals surface area contributed by atoms with Gasteiger partial charge in [0, 0.05) is 0 Å². The summed E-state index contributed by atoms with van der Waals surface area (Å²) in [5.74, 6) is 0. The van der Waals surface area contributed by atoms with E-state index in [4.69, 9.17) is 0 Å². The quantitative estimate of drug-likeness (QED) is 0.348. The average Bonchev–Trinajstić information content (AvgIpc) is 2.26. The highest BCUT2D eigenvalue weighted by Crippen LogP contribution is 2.08. The summed E-state index contributed by atoms with van der Waals surface area (Å²) in [5, 5.41) is 0. The molecule has 0 aliphatic carbocycles. The molecule has 0 heteroatoms. The van der Waals surface area contributed by atoms with Crippen molar-refractivity contribution in [1.82, 2.24) is 0 Å². The molecule has 0 aromatic rings. The zero-order chi connectivity index (χ0) is 11.4. The first-order chi connectivity index (χ1) is 7.35. The van der Waals surface area contributed by atoms with E-state index in [0.717, 1.165) is 12.8 Å². The molecule has 0 aromatic carbocycles. The number of hydrogen-bond acceptors (Lipinski definition) is 0. The Hall–Kier alpha value is -0.520. The standard InChI is InChI=1S/C15H27/c1-4-7-8-9-10-11-12-14-15(6-3)13-5-2/h12,14H,4-11H2,1-3H3/b14-12+,15-13?. The Morgan fingerprint density at radius 1 is 1.00 bits per heavy atom. The first-order valence-corrected chi connectivity index (χ1v) is 6.61. The van der Waals surface area contributed by atoms with Gasteiger partial charge in [-0.05, 0) is 37.3 Å². The largest absolute Gasteiger partial charge is 0.0843 e. The molecule has 0 heterocycles. The Balaban J connectivity index is 3.48. The second-order valence-corrected chi connectivity index (χ2v) is 4.01. The Bertz CT molecular complexity index is 174.